The third-order valence-corrected chi connectivity index (χ3v) is 2.24. The van der Waals surface area contributed by atoms with E-state index in [4.69, 9.17) is 0 Å². The summed E-state index contributed by atoms with van der Waals surface area (Å²) in [7, 11) is 0. The SMILES string of the molecule is O=CCC1(O[N+](=O)[O-])CCCC1. The third kappa shape index (κ3) is 1.93. The fourth-order valence-electron chi connectivity index (χ4n) is 1.66. The fourth-order valence-corrected chi connectivity index (χ4v) is 1.66. The van der Waals surface area contributed by atoms with Crippen LogP contribution < -0.4 is 0 Å². The molecule has 0 spiro atoms. The van der Waals surface area contributed by atoms with E-state index in [0.29, 0.717) is 19.1 Å². The Morgan fingerprint density at radius 1 is 1.50 bits per heavy atom. The van der Waals surface area contributed by atoms with Crippen molar-refractivity contribution in [2.45, 2.75) is 37.7 Å². The minimum absolute atomic E-state index is 0.133. The second-order valence-corrected chi connectivity index (χ2v) is 3.08. The van der Waals surface area contributed by atoms with Crippen LogP contribution in [0, 0.1) is 10.1 Å². The lowest BCUT2D eigenvalue weighted by molar-refractivity contribution is -0.780. The maximum atomic E-state index is 10.2. The first kappa shape index (κ1) is 8.96. The van der Waals surface area contributed by atoms with Gasteiger partial charge >= 0.3 is 0 Å². The molecule has 1 aliphatic rings. The average Bonchev–Trinajstić information content (AvgIpc) is 2.36. The van der Waals surface area contributed by atoms with Crippen LogP contribution in [0.15, 0.2) is 0 Å². The van der Waals surface area contributed by atoms with E-state index in [2.05, 4.69) is 4.84 Å². The predicted molar refractivity (Wildman–Crippen MR) is 40.0 cm³/mol. The molecule has 0 amide bonds. The zero-order valence-corrected chi connectivity index (χ0v) is 6.69. The van der Waals surface area contributed by atoms with Gasteiger partial charge in [0.2, 0.25) is 0 Å². The van der Waals surface area contributed by atoms with Gasteiger partial charge in [-0.15, -0.1) is 10.1 Å². The quantitative estimate of drug-likeness (QED) is 0.362. The summed E-state index contributed by atoms with van der Waals surface area (Å²) in [6, 6.07) is 0. The molecule has 1 rings (SSSR count). The van der Waals surface area contributed by atoms with Crippen molar-refractivity contribution in [3.05, 3.63) is 10.1 Å². The summed E-state index contributed by atoms with van der Waals surface area (Å²) >= 11 is 0. The largest absolute Gasteiger partial charge is 0.307 e. The smallest absolute Gasteiger partial charge is 0.295 e. The van der Waals surface area contributed by atoms with Crippen molar-refractivity contribution in [1.82, 2.24) is 0 Å². The summed E-state index contributed by atoms with van der Waals surface area (Å²) in [5.74, 6) is 0. The highest BCUT2D eigenvalue weighted by atomic mass is 17.0. The van der Waals surface area contributed by atoms with E-state index >= 15 is 0 Å². The fraction of sp³-hybridized carbons (Fsp3) is 0.857. The number of hydrogen-bond acceptors (Lipinski definition) is 4. The second-order valence-electron chi connectivity index (χ2n) is 3.08. The molecule has 0 aromatic carbocycles. The molecule has 1 fully saturated rings. The van der Waals surface area contributed by atoms with E-state index in [1.165, 1.54) is 0 Å². The highest BCUT2D eigenvalue weighted by molar-refractivity contribution is 5.51. The van der Waals surface area contributed by atoms with Crippen LogP contribution in [0.25, 0.3) is 0 Å². The van der Waals surface area contributed by atoms with Crippen molar-refractivity contribution in [1.29, 1.82) is 0 Å². The molecule has 0 aromatic rings. The maximum Gasteiger partial charge on any atom is 0.295 e. The van der Waals surface area contributed by atoms with Crippen LogP contribution in [0.3, 0.4) is 0 Å². The summed E-state index contributed by atoms with van der Waals surface area (Å²) in [6.07, 6.45) is 3.87. The second kappa shape index (κ2) is 3.51. The van der Waals surface area contributed by atoms with E-state index in [1.807, 2.05) is 0 Å². The molecule has 0 unspecified atom stereocenters. The molecule has 12 heavy (non-hydrogen) atoms. The molecule has 0 atom stereocenters. The van der Waals surface area contributed by atoms with Gasteiger partial charge in [0, 0.05) is 6.42 Å². The Morgan fingerprint density at radius 2 is 2.08 bits per heavy atom. The standard InChI is InChI=1S/C7H11NO4/c9-6-5-7(12-8(10)11)3-1-2-4-7/h6H,1-5H2. The Balaban J connectivity index is 2.57. The molecule has 0 N–H and O–H groups in total. The number of hydrogen-bond donors (Lipinski definition) is 0. The van der Waals surface area contributed by atoms with E-state index < -0.39 is 10.7 Å². The molecule has 0 bridgehead atoms. The minimum atomic E-state index is -0.800. The average molecular weight is 173 g/mol. The topological polar surface area (TPSA) is 69.4 Å². The number of nitrogens with zero attached hydrogens (tertiary/aromatic N) is 1. The third-order valence-electron chi connectivity index (χ3n) is 2.24. The monoisotopic (exact) mass is 173 g/mol. The molecular weight excluding hydrogens is 162 g/mol. The van der Waals surface area contributed by atoms with E-state index in [-0.39, 0.29) is 6.42 Å². The maximum absolute atomic E-state index is 10.2. The summed E-state index contributed by atoms with van der Waals surface area (Å²) in [6.45, 7) is 0. The Bertz CT molecular complexity index is 186. The number of aldehydes is 1. The van der Waals surface area contributed by atoms with Gasteiger partial charge in [0.15, 0.2) is 0 Å². The van der Waals surface area contributed by atoms with Gasteiger partial charge in [0.25, 0.3) is 5.09 Å². The van der Waals surface area contributed by atoms with Crippen molar-refractivity contribution >= 4 is 6.29 Å². The normalized spacial score (nSPS) is 20.3. The Kier molecular flexibility index (Phi) is 2.62. The highest BCUT2D eigenvalue weighted by Crippen LogP contribution is 2.35. The first-order valence-corrected chi connectivity index (χ1v) is 3.96. The van der Waals surface area contributed by atoms with Crippen molar-refractivity contribution in [3.8, 4) is 0 Å². The Labute approximate surface area is 69.8 Å². The zero-order chi connectivity index (χ0) is 9.03. The summed E-state index contributed by atoms with van der Waals surface area (Å²) in [5.41, 5.74) is -0.800. The van der Waals surface area contributed by atoms with Crippen LogP contribution in [-0.2, 0) is 9.63 Å². The van der Waals surface area contributed by atoms with Gasteiger partial charge in [-0.1, -0.05) is 12.8 Å². The molecule has 0 aromatic heterocycles. The lowest BCUT2D eigenvalue weighted by Gasteiger charge is -2.23. The van der Waals surface area contributed by atoms with Crippen LogP contribution in [0.5, 0.6) is 0 Å². The summed E-state index contributed by atoms with van der Waals surface area (Å²) in [5, 5.41) is 9.31. The van der Waals surface area contributed by atoms with Gasteiger partial charge in [-0.3, -0.25) is 0 Å². The van der Waals surface area contributed by atoms with Crippen molar-refractivity contribution < 1.29 is 14.7 Å². The van der Waals surface area contributed by atoms with Gasteiger partial charge < -0.3 is 9.63 Å². The Morgan fingerprint density at radius 3 is 2.50 bits per heavy atom. The minimum Gasteiger partial charge on any atom is -0.307 e. The summed E-state index contributed by atoms with van der Waals surface area (Å²) in [4.78, 5) is 24.9. The molecule has 0 aliphatic heterocycles. The molecule has 0 radical (unpaired) electrons. The van der Waals surface area contributed by atoms with Gasteiger partial charge in [-0.25, -0.2) is 0 Å². The molecule has 1 aliphatic carbocycles. The van der Waals surface area contributed by atoms with Crippen molar-refractivity contribution in [2.24, 2.45) is 0 Å². The predicted octanol–water partition coefficient (Wildman–Crippen LogP) is 1.10. The van der Waals surface area contributed by atoms with Gasteiger partial charge in [0.1, 0.15) is 11.9 Å². The zero-order valence-electron chi connectivity index (χ0n) is 6.69. The van der Waals surface area contributed by atoms with Crippen LogP contribution in [0.2, 0.25) is 0 Å². The first-order valence-electron chi connectivity index (χ1n) is 3.96. The lowest BCUT2D eigenvalue weighted by atomic mass is 9.99. The number of carbonyl (C=O) groups excluding carboxylic acids is 1. The molecule has 0 saturated heterocycles. The van der Waals surface area contributed by atoms with Crippen molar-refractivity contribution in [2.75, 3.05) is 0 Å². The van der Waals surface area contributed by atoms with Crippen LogP contribution in [0.1, 0.15) is 32.1 Å². The molecule has 5 heteroatoms. The van der Waals surface area contributed by atoms with E-state index in [0.717, 1.165) is 12.8 Å². The Hall–Kier alpha value is -1.13. The number of rotatable bonds is 4. The first-order chi connectivity index (χ1) is 5.68. The van der Waals surface area contributed by atoms with Crippen LogP contribution in [-0.4, -0.2) is 17.0 Å². The lowest BCUT2D eigenvalue weighted by Crippen LogP contribution is -2.32. The molecular formula is C7H11NO4. The van der Waals surface area contributed by atoms with Gasteiger partial charge in [0.05, 0.1) is 0 Å². The van der Waals surface area contributed by atoms with Gasteiger partial charge in [-0.2, -0.15) is 0 Å². The van der Waals surface area contributed by atoms with Crippen LogP contribution >= 0.6 is 0 Å². The van der Waals surface area contributed by atoms with Crippen molar-refractivity contribution in [3.63, 3.8) is 0 Å². The molecule has 1 saturated carbocycles. The number of carbonyl (C=O) groups is 1. The summed E-state index contributed by atoms with van der Waals surface area (Å²) < 4.78 is 0. The molecule has 5 nitrogen and oxygen atoms in total. The van der Waals surface area contributed by atoms with Crippen LogP contribution in [0.4, 0.5) is 0 Å². The molecule has 68 valence electrons. The van der Waals surface area contributed by atoms with E-state index in [9.17, 15) is 14.9 Å². The highest BCUT2D eigenvalue weighted by Gasteiger charge is 2.37. The van der Waals surface area contributed by atoms with Gasteiger partial charge in [-0.05, 0) is 12.8 Å². The molecule has 0 heterocycles. The van der Waals surface area contributed by atoms with E-state index in [1.54, 1.807) is 0 Å².